The highest BCUT2D eigenvalue weighted by molar-refractivity contribution is 6.12. The van der Waals surface area contributed by atoms with Gasteiger partial charge in [0.15, 0.2) is 11.4 Å². The second-order valence-electron chi connectivity index (χ2n) is 5.83. The third-order valence-corrected chi connectivity index (χ3v) is 4.09. The Morgan fingerprint density at radius 2 is 1.81 bits per heavy atom. The summed E-state index contributed by atoms with van der Waals surface area (Å²) in [5.74, 6) is -0.156. The van der Waals surface area contributed by atoms with Crippen LogP contribution in [0.2, 0.25) is 0 Å². The first kappa shape index (κ1) is 16.5. The molecule has 0 saturated heterocycles. The molecule has 0 fully saturated rings. The molecular formula is C20H14N4O3. The lowest BCUT2D eigenvalue weighted by molar-refractivity contribution is 0.104. The van der Waals surface area contributed by atoms with Gasteiger partial charge in [-0.3, -0.25) is 10.1 Å². The van der Waals surface area contributed by atoms with E-state index in [1.807, 2.05) is 12.1 Å². The molecule has 2 heterocycles. The minimum absolute atomic E-state index is 0.156. The second-order valence-corrected chi connectivity index (χ2v) is 5.83. The van der Waals surface area contributed by atoms with Crippen molar-refractivity contribution in [1.29, 1.82) is 0 Å². The molecule has 4 aromatic rings. The largest absolute Gasteiger partial charge is 0.465 e. The van der Waals surface area contributed by atoms with Gasteiger partial charge in [0.1, 0.15) is 0 Å². The van der Waals surface area contributed by atoms with Crippen molar-refractivity contribution < 1.29 is 14.7 Å². The van der Waals surface area contributed by atoms with Gasteiger partial charge in [0.25, 0.3) is 0 Å². The zero-order valence-electron chi connectivity index (χ0n) is 14.0. The number of aromatic nitrogens is 3. The predicted molar refractivity (Wildman–Crippen MR) is 99.9 cm³/mol. The van der Waals surface area contributed by atoms with E-state index in [4.69, 9.17) is 5.11 Å². The summed E-state index contributed by atoms with van der Waals surface area (Å²) < 4.78 is 1.58. The number of fused-ring (bicyclic) bond motifs is 1. The molecule has 7 nitrogen and oxygen atoms in total. The van der Waals surface area contributed by atoms with Gasteiger partial charge in [-0.2, -0.15) is 5.10 Å². The third-order valence-electron chi connectivity index (χ3n) is 4.09. The monoisotopic (exact) mass is 358 g/mol. The van der Waals surface area contributed by atoms with E-state index < -0.39 is 6.09 Å². The van der Waals surface area contributed by atoms with E-state index in [0.29, 0.717) is 28.2 Å². The van der Waals surface area contributed by atoms with Crippen molar-refractivity contribution in [2.75, 3.05) is 5.32 Å². The number of hydrogen-bond acceptors (Lipinski definition) is 4. The summed E-state index contributed by atoms with van der Waals surface area (Å²) in [6.07, 6.45) is 1.97. The SMILES string of the molecule is O=C(O)Nc1cccc(-c2ccnc3c(C(=O)c4ccccc4)cnn23)c1. The molecule has 1 amide bonds. The lowest BCUT2D eigenvalue weighted by Crippen LogP contribution is -2.07. The molecule has 2 aromatic carbocycles. The zero-order valence-corrected chi connectivity index (χ0v) is 14.0. The van der Waals surface area contributed by atoms with Gasteiger partial charge in [-0.05, 0) is 18.2 Å². The Morgan fingerprint density at radius 1 is 1.00 bits per heavy atom. The number of hydrogen-bond donors (Lipinski definition) is 2. The minimum atomic E-state index is -1.14. The van der Waals surface area contributed by atoms with Crippen molar-refractivity contribution in [1.82, 2.24) is 14.6 Å². The molecule has 2 N–H and O–H groups in total. The highest BCUT2D eigenvalue weighted by Crippen LogP contribution is 2.24. The van der Waals surface area contributed by atoms with Crippen LogP contribution < -0.4 is 5.32 Å². The Hall–Kier alpha value is -4.00. The van der Waals surface area contributed by atoms with Crippen LogP contribution in [0.15, 0.2) is 73.1 Å². The number of carbonyl (C=O) groups is 2. The average molecular weight is 358 g/mol. The van der Waals surface area contributed by atoms with Crippen molar-refractivity contribution in [3.8, 4) is 11.3 Å². The number of carbonyl (C=O) groups excluding carboxylic acids is 1. The van der Waals surface area contributed by atoms with E-state index in [-0.39, 0.29) is 5.78 Å². The van der Waals surface area contributed by atoms with E-state index >= 15 is 0 Å². The maximum atomic E-state index is 12.8. The summed E-state index contributed by atoms with van der Waals surface area (Å²) in [6.45, 7) is 0. The minimum Gasteiger partial charge on any atom is -0.465 e. The normalized spacial score (nSPS) is 10.7. The molecule has 0 unspecified atom stereocenters. The molecule has 0 saturated carbocycles. The van der Waals surface area contributed by atoms with E-state index in [9.17, 15) is 9.59 Å². The number of amides is 1. The predicted octanol–water partition coefficient (Wildman–Crippen LogP) is 3.72. The molecule has 0 bridgehead atoms. The number of ketones is 1. The van der Waals surface area contributed by atoms with Gasteiger partial charge in [0.05, 0.1) is 17.5 Å². The van der Waals surface area contributed by atoms with E-state index in [2.05, 4.69) is 15.4 Å². The first-order valence-electron chi connectivity index (χ1n) is 8.16. The molecule has 7 heteroatoms. The molecule has 0 radical (unpaired) electrons. The van der Waals surface area contributed by atoms with Crippen molar-refractivity contribution in [2.24, 2.45) is 0 Å². The van der Waals surface area contributed by atoms with Crippen LogP contribution >= 0.6 is 0 Å². The number of anilines is 1. The lowest BCUT2D eigenvalue weighted by Gasteiger charge is -2.07. The molecule has 2 aromatic heterocycles. The molecular weight excluding hydrogens is 344 g/mol. The van der Waals surface area contributed by atoms with E-state index in [1.54, 1.807) is 59.2 Å². The van der Waals surface area contributed by atoms with Gasteiger partial charge in [0, 0.05) is 23.0 Å². The Bertz CT molecular complexity index is 1150. The Morgan fingerprint density at radius 3 is 2.59 bits per heavy atom. The fraction of sp³-hybridized carbons (Fsp3) is 0. The summed E-state index contributed by atoms with van der Waals surface area (Å²) in [5, 5.41) is 15.6. The van der Waals surface area contributed by atoms with Crippen molar-refractivity contribution in [3.05, 3.63) is 84.2 Å². The third kappa shape index (κ3) is 3.13. The van der Waals surface area contributed by atoms with Crippen LogP contribution in [0, 0.1) is 0 Å². The zero-order chi connectivity index (χ0) is 18.8. The summed E-state index contributed by atoms with van der Waals surface area (Å²) >= 11 is 0. The number of benzene rings is 2. The first-order valence-corrected chi connectivity index (χ1v) is 8.16. The van der Waals surface area contributed by atoms with Gasteiger partial charge in [-0.1, -0.05) is 42.5 Å². The highest BCUT2D eigenvalue weighted by Gasteiger charge is 2.17. The standard InChI is InChI=1S/C20H14N4O3/c25-18(13-5-2-1-3-6-13)16-12-22-24-17(9-10-21-19(16)24)14-7-4-8-15(11-14)23-20(26)27/h1-12,23H,(H,26,27). The quantitative estimate of drug-likeness (QED) is 0.542. The first-order chi connectivity index (χ1) is 13.1. The van der Waals surface area contributed by atoms with Gasteiger partial charge in [-0.25, -0.2) is 14.3 Å². The Labute approximate surface area is 153 Å². The Balaban J connectivity index is 1.80. The molecule has 0 spiro atoms. The molecule has 0 aliphatic carbocycles. The van der Waals surface area contributed by atoms with Crippen LogP contribution in [0.1, 0.15) is 15.9 Å². The second kappa shape index (κ2) is 6.72. The van der Waals surface area contributed by atoms with Gasteiger partial charge in [-0.15, -0.1) is 0 Å². The average Bonchev–Trinajstić information content (AvgIpc) is 3.12. The summed E-state index contributed by atoms with van der Waals surface area (Å²) in [5.41, 5.74) is 3.29. The molecule has 0 atom stereocenters. The van der Waals surface area contributed by atoms with E-state index in [1.165, 1.54) is 6.20 Å². The van der Waals surface area contributed by atoms with Crippen LogP contribution in [-0.4, -0.2) is 31.6 Å². The van der Waals surface area contributed by atoms with Crippen LogP contribution in [0.3, 0.4) is 0 Å². The van der Waals surface area contributed by atoms with Crippen molar-refractivity contribution in [2.45, 2.75) is 0 Å². The summed E-state index contributed by atoms with van der Waals surface area (Å²) in [4.78, 5) is 28.0. The van der Waals surface area contributed by atoms with Gasteiger partial charge >= 0.3 is 6.09 Å². The number of nitrogens with one attached hydrogen (secondary N) is 1. The van der Waals surface area contributed by atoms with Gasteiger partial charge < -0.3 is 5.11 Å². The topological polar surface area (TPSA) is 96.6 Å². The van der Waals surface area contributed by atoms with Crippen LogP contribution in [0.5, 0.6) is 0 Å². The molecule has 27 heavy (non-hydrogen) atoms. The summed E-state index contributed by atoms with van der Waals surface area (Å²) in [6, 6.07) is 17.6. The fourth-order valence-corrected chi connectivity index (χ4v) is 2.90. The number of rotatable bonds is 4. The van der Waals surface area contributed by atoms with E-state index in [0.717, 1.165) is 5.56 Å². The Kier molecular flexibility index (Phi) is 4.10. The molecule has 4 rings (SSSR count). The van der Waals surface area contributed by atoms with Gasteiger partial charge in [0.2, 0.25) is 0 Å². The molecule has 132 valence electrons. The summed E-state index contributed by atoms with van der Waals surface area (Å²) in [7, 11) is 0. The molecule has 0 aliphatic heterocycles. The smallest absolute Gasteiger partial charge is 0.409 e. The fourth-order valence-electron chi connectivity index (χ4n) is 2.90. The van der Waals surface area contributed by atoms with Crippen molar-refractivity contribution >= 4 is 23.2 Å². The highest BCUT2D eigenvalue weighted by atomic mass is 16.4. The lowest BCUT2D eigenvalue weighted by atomic mass is 10.1. The maximum Gasteiger partial charge on any atom is 0.409 e. The van der Waals surface area contributed by atoms with Crippen LogP contribution in [0.25, 0.3) is 16.9 Å². The number of nitrogens with zero attached hydrogens (tertiary/aromatic N) is 3. The number of carboxylic acid groups (broad SMARTS) is 1. The molecule has 0 aliphatic rings. The van der Waals surface area contributed by atoms with Crippen LogP contribution in [0.4, 0.5) is 10.5 Å². The maximum absolute atomic E-state index is 12.8. The van der Waals surface area contributed by atoms with Crippen molar-refractivity contribution in [3.63, 3.8) is 0 Å². The van der Waals surface area contributed by atoms with Crippen LogP contribution in [-0.2, 0) is 0 Å².